The Bertz CT molecular complexity index is 1220. The maximum atomic E-state index is 14.8. The molecule has 0 bridgehead atoms. The van der Waals surface area contributed by atoms with Gasteiger partial charge >= 0.3 is 6.03 Å². The van der Waals surface area contributed by atoms with E-state index in [0.717, 1.165) is 48.2 Å². The predicted molar refractivity (Wildman–Crippen MR) is 124 cm³/mol. The number of nitrogens with one attached hydrogen (secondary N) is 3. The lowest BCUT2D eigenvalue weighted by molar-refractivity contribution is 0.244. The van der Waals surface area contributed by atoms with E-state index in [1.54, 1.807) is 24.5 Å². The van der Waals surface area contributed by atoms with Gasteiger partial charge in [0.15, 0.2) is 0 Å². The molecule has 4 aromatic rings. The van der Waals surface area contributed by atoms with Gasteiger partial charge in [0.25, 0.3) is 0 Å². The normalized spacial score (nSPS) is 14.2. The number of nitrogens with zero attached hydrogens (tertiary/aromatic N) is 3. The van der Waals surface area contributed by atoms with E-state index >= 15 is 0 Å². The number of aromatic nitrogens is 4. The van der Waals surface area contributed by atoms with Crippen molar-refractivity contribution in [3.8, 4) is 22.4 Å². The summed E-state index contributed by atoms with van der Waals surface area (Å²) in [6, 6.07) is 8.47. The molecule has 3 heterocycles. The Hall–Kier alpha value is -3.39. The fourth-order valence-electron chi connectivity index (χ4n) is 4.14. The largest absolute Gasteiger partial charge is 0.335 e. The molecule has 32 heavy (non-hydrogen) atoms. The highest BCUT2D eigenvalue weighted by atomic mass is 35.5. The number of fused-ring (bicyclic) bond motifs is 1. The van der Waals surface area contributed by atoms with Gasteiger partial charge in [-0.2, -0.15) is 5.10 Å². The van der Waals surface area contributed by atoms with Crippen molar-refractivity contribution in [2.24, 2.45) is 0 Å². The molecular weight excluding hydrogens is 431 g/mol. The first-order valence-electron chi connectivity index (χ1n) is 10.5. The number of aromatic amines is 1. The van der Waals surface area contributed by atoms with Crippen LogP contribution in [0.1, 0.15) is 32.1 Å². The van der Waals surface area contributed by atoms with Gasteiger partial charge in [0.1, 0.15) is 11.5 Å². The van der Waals surface area contributed by atoms with Crippen LogP contribution in [-0.2, 0) is 0 Å². The maximum absolute atomic E-state index is 14.8. The summed E-state index contributed by atoms with van der Waals surface area (Å²) in [6.07, 6.45) is 12.6. The second-order valence-electron chi connectivity index (χ2n) is 7.90. The van der Waals surface area contributed by atoms with Gasteiger partial charge in [-0.3, -0.25) is 9.50 Å². The Morgan fingerprint density at radius 2 is 1.88 bits per heavy atom. The Kier molecular flexibility index (Phi) is 6.41. The standard InChI is InChI=1S/C23H23FN6O.ClH/c24-19-10-15(6-8-20(19)29-23(31)28-18-4-2-1-3-5-18)21-13-25-22-9-7-16(14-30(21)22)17-11-26-27-12-17;/h6-14,18H,1-5H2,(H,26,27)(H2,28,29,31);1H. The van der Waals surface area contributed by atoms with Crippen LogP contribution in [0, 0.1) is 5.82 Å². The number of urea groups is 1. The molecular formula is C23H24ClFN6O. The summed E-state index contributed by atoms with van der Waals surface area (Å²) in [4.78, 5) is 16.7. The van der Waals surface area contributed by atoms with E-state index in [4.69, 9.17) is 0 Å². The van der Waals surface area contributed by atoms with Crippen LogP contribution in [0.2, 0.25) is 0 Å². The minimum Gasteiger partial charge on any atom is -0.335 e. The van der Waals surface area contributed by atoms with Crippen LogP contribution in [0.25, 0.3) is 28.0 Å². The fraction of sp³-hybridized carbons (Fsp3) is 0.261. The number of pyridine rings is 1. The quantitative estimate of drug-likeness (QED) is 0.385. The Balaban J connectivity index is 0.00000245. The lowest BCUT2D eigenvalue weighted by Gasteiger charge is -2.23. The van der Waals surface area contributed by atoms with E-state index in [1.165, 1.54) is 12.5 Å². The van der Waals surface area contributed by atoms with Crippen molar-refractivity contribution in [1.29, 1.82) is 0 Å². The molecule has 1 aliphatic carbocycles. The van der Waals surface area contributed by atoms with Gasteiger partial charge in [-0.1, -0.05) is 25.3 Å². The van der Waals surface area contributed by atoms with Crippen molar-refractivity contribution in [2.75, 3.05) is 5.32 Å². The number of rotatable bonds is 4. The van der Waals surface area contributed by atoms with E-state index in [0.29, 0.717) is 5.56 Å². The second-order valence-corrected chi connectivity index (χ2v) is 7.90. The van der Waals surface area contributed by atoms with Crippen LogP contribution in [0.5, 0.6) is 0 Å². The minimum absolute atomic E-state index is 0. The van der Waals surface area contributed by atoms with Gasteiger partial charge in [-0.25, -0.2) is 14.2 Å². The lowest BCUT2D eigenvalue weighted by Crippen LogP contribution is -2.39. The molecule has 7 nitrogen and oxygen atoms in total. The summed E-state index contributed by atoms with van der Waals surface area (Å²) in [5.74, 6) is -0.489. The number of imidazole rings is 1. The Labute approximate surface area is 190 Å². The molecule has 1 fully saturated rings. The van der Waals surface area contributed by atoms with Crippen molar-refractivity contribution in [2.45, 2.75) is 38.1 Å². The first kappa shape index (κ1) is 21.8. The van der Waals surface area contributed by atoms with Crippen molar-refractivity contribution in [3.63, 3.8) is 0 Å². The third-order valence-electron chi connectivity index (χ3n) is 5.79. The van der Waals surface area contributed by atoms with Gasteiger partial charge < -0.3 is 10.6 Å². The zero-order valence-electron chi connectivity index (χ0n) is 17.3. The maximum Gasteiger partial charge on any atom is 0.319 e. The van der Waals surface area contributed by atoms with Crippen LogP contribution in [0.4, 0.5) is 14.9 Å². The van der Waals surface area contributed by atoms with Crippen molar-refractivity contribution in [3.05, 3.63) is 60.9 Å². The number of amides is 2. The molecule has 1 saturated carbocycles. The van der Waals surface area contributed by atoms with Crippen LogP contribution < -0.4 is 10.6 Å². The van der Waals surface area contributed by atoms with E-state index in [1.807, 2.05) is 28.9 Å². The molecule has 1 aromatic carbocycles. The van der Waals surface area contributed by atoms with Crippen LogP contribution >= 0.6 is 12.4 Å². The number of halogens is 2. The number of carbonyl (C=O) groups is 1. The molecule has 166 valence electrons. The van der Waals surface area contributed by atoms with Gasteiger partial charge in [0, 0.05) is 35.1 Å². The molecule has 9 heteroatoms. The van der Waals surface area contributed by atoms with Crippen LogP contribution in [0.15, 0.2) is 55.1 Å². The number of anilines is 1. The smallest absolute Gasteiger partial charge is 0.319 e. The fourth-order valence-corrected chi connectivity index (χ4v) is 4.14. The van der Waals surface area contributed by atoms with Crippen LogP contribution in [-0.4, -0.2) is 31.7 Å². The highest BCUT2D eigenvalue weighted by Gasteiger charge is 2.17. The number of carbonyl (C=O) groups excluding carboxylic acids is 1. The van der Waals surface area contributed by atoms with E-state index in [9.17, 15) is 9.18 Å². The molecule has 1 aliphatic rings. The summed E-state index contributed by atoms with van der Waals surface area (Å²) in [6.45, 7) is 0. The van der Waals surface area contributed by atoms with E-state index < -0.39 is 5.82 Å². The van der Waals surface area contributed by atoms with Crippen molar-refractivity contribution >= 4 is 29.8 Å². The number of hydrogen-bond donors (Lipinski definition) is 3. The first-order valence-corrected chi connectivity index (χ1v) is 10.5. The molecule has 5 rings (SSSR count). The zero-order chi connectivity index (χ0) is 21.2. The molecule has 0 aliphatic heterocycles. The van der Waals surface area contributed by atoms with Crippen LogP contribution in [0.3, 0.4) is 0 Å². The monoisotopic (exact) mass is 454 g/mol. The zero-order valence-corrected chi connectivity index (χ0v) is 18.2. The Morgan fingerprint density at radius 3 is 2.62 bits per heavy atom. The lowest BCUT2D eigenvalue weighted by atomic mass is 9.96. The van der Waals surface area contributed by atoms with Gasteiger partial charge in [0.05, 0.1) is 23.8 Å². The second kappa shape index (κ2) is 9.40. The van der Waals surface area contributed by atoms with E-state index in [2.05, 4.69) is 25.8 Å². The van der Waals surface area contributed by atoms with Crippen molar-refractivity contribution in [1.82, 2.24) is 24.9 Å². The summed E-state index contributed by atoms with van der Waals surface area (Å²) < 4.78 is 16.7. The van der Waals surface area contributed by atoms with Gasteiger partial charge in [-0.05, 0) is 37.1 Å². The highest BCUT2D eigenvalue weighted by Crippen LogP contribution is 2.27. The van der Waals surface area contributed by atoms with Gasteiger partial charge in [-0.15, -0.1) is 12.4 Å². The summed E-state index contributed by atoms with van der Waals surface area (Å²) in [5, 5.41) is 12.4. The first-order chi connectivity index (χ1) is 15.2. The topological polar surface area (TPSA) is 87.1 Å². The SMILES string of the molecule is Cl.O=C(Nc1ccc(-c2cnc3ccc(-c4cn[nH]c4)cn23)cc1F)NC1CCCCC1. The van der Waals surface area contributed by atoms with E-state index in [-0.39, 0.29) is 30.2 Å². The molecule has 0 spiro atoms. The molecule has 0 radical (unpaired) electrons. The molecule has 0 atom stereocenters. The van der Waals surface area contributed by atoms with Crippen molar-refractivity contribution < 1.29 is 9.18 Å². The number of hydrogen-bond acceptors (Lipinski definition) is 3. The number of benzene rings is 1. The summed E-state index contributed by atoms with van der Waals surface area (Å²) >= 11 is 0. The predicted octanol–water partition coefficient (Wildman–Crippen LogP) is 5.41. The molecule has 0 saturated heterocycles. The average molecular weight is 455 g/mol. The molecule has 3 aromatic heterocycles. The van der Waals surface area contributed by atoms with Gasteiger partial charge in [0.2, 0.25) is 0 Å². The molecule has 3 N–H and O–H groups in total. The minimum atomic E-state index is -0.489. The third kappa shape index (κ3) is 4.45. The summed E-state index contributed by atoms with van der Waals surface area (Å²) in [5.41, 5.74) is 4.28. The average Bonchev–Trinajstić information content (AvgIpc) is 3.45. The molecule has 0 unspecified atom stereocenters. The Morgan fingerprint density at radius 1 is 1.06 bits per heavy atom. The third-order valence-corrected chi connectivity index (χ3v) is 5.79. The highest BCUT2D eigenvalue weighted by molar-refractivity contribution is 5.90. The summed E-state index contributed by atoms with van der Waals surface area (Å²) in [7, 11) is 0. The number of H-pyrrole nitrogens is 1. The molecule has 2 amide bonds.